The molecule has 0 unspecified atom stereocenters. The van der Waals surface area contributed by atoms with Gasteiger partial charge in [-0.2, -0.15) is 0 Å². The predicted molar refractivity (Wildman–Crippen MR) is 147 cm³/mol. The maximum Gasteiger partial charge on any atom is 0.139 e. The van der Waals surface area contributed by atoms with Crippen molar-refractivity contribution in [3.05, 3.63) is 106 Å². The van der Waals surface area contributed by atoms with Crippen LogP contribution in [0.15, 0.2) is 60.7 Å². The van der Waals surface area contributed by atoms with E-state index in [-0.39, 0.29) is 11.6 Å². The molecule has 186 valence electrons. The zero-order valence-electron chi connectivity index (χ0n) is 21.6. The molecule has 0 aliphatic rings. The lowest BCUT2D eigenvalue weighted by Crippen LogP contribution is -1.92. The fraction of sp³-hybridized carbons (Fsp3) is 0.353. The van der Waals surface area contributed by atoms with Crippen molar-refractivity contribution >= 4 is 0 Å². The summed E-state index contributed by atoms with van der Waals surface area (Å²) in [6.07, 6.45) is 11.0. The summed E-state index contributed by atoms with van der Waals surface area (Å²) in [5, 5.41) is 0. The van der Waals surface area contributed by atoms with Crippen molar-refractivity contribution in [2.45, 2.75) is 78.1 Å². The summed E-state index contributed by atoms with van der Waals surface area (Å²) in [7, 11) is 0. The van der Waals surface area contributed by atoms with Gasteiger partial charge in [0.25, 0.3) is 0 Å². The highest BCUT2D eigenvalue weighted by molar-refractivity contribution is 5.48. The first-order valence-electron chi connectivity index (χ1n) is 13.3. The van der Waals surface area contributed by atoms with Crippen LogP contribution < -0.4 is 0 Å². The molecule has 3 aromatic rings. The molecule has 0 aromatic heterocycles. The van der Waals surface area contributed by atoms with Crippen LogP contribution in [-0.4, -0.2) is 0 Å². The average Bonchev–Trinajstić information content (AvgIpc) is 2.89. The number of rotatable bonds is 10. The van der Waals surface area contributed by atoms with Gasteiger partial charge >= 0.3 is 0 Å². The van der Waals surface area contributed by atoms with Crippen molar-refractivity contribution in [1.29, 1.82) is 0 Å². The Bertz CT molecular complexity index is 1230. The predicted octanol–water partition coefficient (Wildman–Crippen LogP) is 9.01. The van der Waals surface area contributed by atoms with Crippen molar-refractivity contribution in [2.24, 2.45) is 0 Å². The number of hydrogen-bond acceptors (Lipinski definition) is 0. The normalized spacial score (nSPS) is 10.3. The van der Waals surface area contributed by atoms with Gasteiger partial charge < -0.3 is 0 Å². The van der Waals surface area contributed by atoms with Gasteiger partial charge in [-0.15, -0.1) is 0 Å². The van der Waals surface area contributed by atoms with Crippen molar-refractivity contribution in [2.75, 3.05) is 0 Å². The third-order valence-corrected chi connectivity index (χ3v) is 6.28. The van der Waals surface area contributed by atoms with Gasteiger partial charge in [-0.1, -0.05) is 88.2 Å². The van der Waals surface area contributed by atoms with E-state index in [2.05, 4.69) is 37.5 Å². The van der Waals surface area contributed by atoms with Crippen molar-refractivity contribution < 1.29 is 8.78 Å². The molecule has 0 saturated carbocycles. The second kappa shape index (κ2) is 14.9. The fourth-order valence-corrected chi connectivity index (χ4v) is 4.06. The molecule has 0 fully saturated rings. The largest absolute Gasteiger partial charge is 0.207 e. The third kappa shape index (κ3) is 9.02. The van der Waals surface area contributed by atoms with Gasteiger partial charge in [0.05, 0.1) is 5.56 Å². The van der Waals surface area contributed by atoms with Gasteiger partial charge in [-0.3, -0.25) is 0 Å². The van der Waals surface area contributed by atoms with Gasteiger partial charge in [0, 0.05) is 16.7 Å². The molecule has 0 aliphatic heterocycles. The van der Waals surface area contributed by atoms with Gasteiger partial charge in [0.1, 0.15) is 11.6 Å². The molecule has 0 nitrogen and oxygen atoms in total. The van der Waals surface area contributed by atoms with Crippen LogP contribution in [0.3, 0.4) is 0 Å². The Morgan fingerprint density at radius 3 is 1.78 bits per heavy atom. The van der Waals surface area contributed by atoms with Gasteiger partial charge in [-0.25, -0.2) is 8.78 Å². The lowest BCUT2D eigenvalue weighted by Gasteiger charge is -2.03. The van der Waals surface area contributed by atoms with E-state index in [0.717, 1.165) is 60.8 Å². The first-order valence-corrected chi connectivity index (χ1v) is 13.3. The van der Waals surface area contributed by atoms with Crippen LogP contribution in [0.1, 0.15) is 98.6 Å². The smallest absolute Gasteiger partial charge is 0.139 e. The van der Waals surface area contributed by atoms with Crippen LogP contribution in [0.4, 0.5) is 8.78 Å². The second-order valence-electron chi connectivity index (χ2n) is 9.32. The quantitative estimate of drug-likeness (QED) is 0.200. The molecule has 0 saturated heterocycles. The minimum atomic E-state index is -0.264. The molecule has 0 radical (unpaired) electrons. The molecule has 0 spiro atoms. The van der Waals surface area contributed by atoms with Crippen LogP contribution in [-0.2, 0) is 12.8 Å². The van der Waals surface area contributed by atoms with Crippen molar-refractivity contribution in [1.82, 2.24) is 0 Å². The lowest BCUT2D eigenvalue weighted by atomic mass is 10.0. The number of unbranched alkanes of at least 4 members (excludes halogenated alkanes) is 6. The molecule has 0 amide bonds. The SMILES string of the molecule is CCCCCCCc1ccc(C#Cc2ccc(C#Cc3ccc(CCCCC)c(F)c3)cc2)c(F)c1. The van der Waals surface area contributed by atoms with Crippen LogP contribution in [0.25, 0.3) is 0 Å². The average molecular weight is 483 g/mol. The van der Waals surface area contributed by atoms with Crippen LogP contribution in [0.5, 0.6) is 0 Å². The Labute approximate surface area is 216 Å². The first kappa shape index (κ1) is 27.2. The number of benzene rings is 3. The molecule has 2 heteroatoms. The molecule has 36 heavy (non-hydrogen) atoms. The maximum absolute atomic E-state index is 14.5. The Balaban J connectivity index is 1.58. The Morgan fingerprint density at radius 1 is 0.528 bits per heavy atom. The molecule has 3 aromatic carbocycles. The van der Waals surface area contributed by atoms with E-state index < -0.39 is 0 Å². The topological polar surface area (TPSA) is 0 Å². The summed E-state index contributed by atoms with van der Waals surface area (Å²) >= 11 is 0. The molecule has 0 N–H and O–H groups in total. The molecule has 3 rings (SSSR count). The maximum atomic E-state index is 14.5. The fourth-order valence-electron chi connectivity index (χ4n) is 4.06. The van der Waals surface area contributed by atoms with E-state index in [0.29, 0.717) is 11.1 Å². The molecule has 0 bridgehead atoms. The zero-order valence-corrected chi connectivity index (χ0v) is 21.6. The minimum absolute atomic E-state index is 0.184. The summed E-state index contributed by atoms with van der Waals surface area (Å²) in [6, 6.07) is 18.1. The molecule has 0 heterocycles. The van der Waals surface area contributed by atoms with Crippen LogP contribution in [0.2, 0.25) is 0 Å². The zero-order chi connectivity index (χ0) is 25.6. The highest BCUT2D eigenvalue weighted by atomic mass is 19.1. The van der Waals surface area contributed by atoms with E-state index in [1.54, 1.807) is 12.1 Å². The highest BCUT2D eigenvalue weighted by Crippen LogP contribution is 2.15. The number of halogens is 2. The minimum Gasteiger partial charge on any atom is -0.207 e. The van der Waals surface area contributed by atoms with Crippen molar-refractivity contribution in [3.63, 3.8) is 0 Å². The molecule has 0 aliphatic carbocycles. The Kier molecular flexibility index (Phi) is 11.3. The summed E-state index contributed by atoms with van der Waals surface area (Å²) in [6.45, 7) is 4.35. The van der Waals surface area contributed by atoms with Crippen LogP contribution in [0, 0.1) is 35.3 Å². The van der Waals surface area contributed by atoms with E-state index >= 15 is 0 Å². The first-order chi connectivity index (χ1) is 17.6. The van der Waals surface area contributed by atoms with Gasteiger partial charge in [0.2, 0.25) is 0 Å². The van der Waals surface area contributed by atoms with Gasteiger partial charge in [-0.05, 0) is 85.3 Å². The third-order valence-electron chi connectivity index (χ3n) is 6.28. The Morgan fingerprint density at radius 2 is 1.11 bits per heavy atom. The summed E-state index contributed by atoms with van der Waals surface area (Å²) < 4.78 is 28.8. The molecular weight excluding hydrogens is 446 g/mol. The molecular formula is C34H36F2. The van der Waals surface area contributed by atoms with Crippen LogP contribution >= 0.6 is 0 Å². The second-order valence-corrected chi connectivity index (χ2v) is 9.32. The number of hydrogen-bond donors (Lipinski definition) is 0. The van der Waals surface area contributed by atoms with Crippen molar-refractivity contribution in [3.8, 4) is 23.7 Å². The highest BCUT2D eigenvalue weighted by Gasteiger charge is 2.03. The lowest BCUT2D eigenvalue weighted by molar-refractivity contribution is 0.598. The Hall–Kier alpha value is -3.36. The molecule has 0 atom stereocenters. The monoisotopic (exact) mass is 482 g/mol. The van der Waals surface area contributed by atoms with E-state index in [1.807, 2.05) is 42.5 Å². The standard InChI is InChI=1S/C34H36F2/c1-3-5-7-8-10-11-29-20-24-32(34(36)25-29)22-19-28-15-13-27(14-16-28)17-18-30-21-23-31(33(35)26-30)12-9-6-4-2/h13-16,20-21,23-26H,3-12H2,1-2H3. The summed E-state index contributed by atoms with van der Waals surface area (Å²) in [5.41, 5.74) is 4.48. The summed E-state index contributed by atoms with van der Waals surface area (Å²) in [5.74, 6) is 11.6. The number of aryl methyl sites for hydroxylation is 2. The van der Waals surface area contributed by atoms with E-state index in [1.165, 1.54) is 31.7 Å². The van der Waals surface area contributed by atoms with E-state index in [9.17, 15) is 8.78 Å². The van der Waals surface area contributed by atoms with E-state index in [4.69, 9.17) is 0 Å². The summed E-state index contributed by atoms with van der Waals surface area (Å²) in [4.78, 5) is 0. The van der Waals surface area contributed by atoms with Gasteiger partial charge in [0.15, 0.2) is 0 Å².